The van der Waals surface area contributed by atoms with Crippen molar-refractivity contribution in [3.05, 3.63) is 41.2 Å². The summed E-state index contributed by atoms with van der Waals surface area (Å²) in [6.45, 7) is 9.43. The van der Waals surface area contributed by atoms with Gasteiger partial charge in [0.2, 0.25) is 5.13 Å². The van der Waals surface area contributed by atoms with Crippen molar-refractivity contribution in [2.45, 2.75) is 46.1 Å². The SMILES string of the molecule is CC(C)c1ccc(CNc2nc(C(C)C)ns2)cc1. The van der Waals surface area contributed by atoms with E-state index < -0.39 is 0 Å². The van der Waals surface area contributed by atoms with Crippen molar-refractivity contribution in [2.24, 2.45) is 0 Å². The number of hydrogen-bond acceptors (Lipinski definition) is 4. The third-order valence-corrected chi connectivity index (χ3v) is 3.74. The molecule has 102 valence electrons. The van der Waals surface area contributed by atoms with Gasteiger partial charge >= 0.3 is 0 Å². The topological polar surface area (TPSA) is 37.8 Å². The van der Waals surface area contributed by atoms with Crippen molar-refractivity contribution in [2.75, 3.05) is 5.32 Å². The van der Waals surface area contributed by atoms with Crippen LogP contribution in [0.3, 0.4) is 0 Å². The highest BCUT2D eigenvalue weighted by Crippen LogP contribution is 2.19. The highest BCUT2D eigenvalue weighted by Gasteiger charge is 2.07. The van der Waals surface area contributed by atoms with Crippen molar-refractivity contribution in [1.29, 1.82) is 0 Å². The molecule has 1 N–H and O–H groups in total. The first-order valence-corrected chi connectivity index (χ1v) is 7.50. The molecule has 0 radical (unpaired) electrons. The van der Waals surface area contributed by atoms with Crippen LogP contribution in [0.4, 0.5) is 5.13 Å². The van der Waals surface area contributed by atoms with Crippen LogP contribution in [0.5, 0.6) is 0 Å². The molecule has 1 aromatic carbocycles. The summed E-state index contributed by atoms with van der Waals surface area (Å²) >= 11 is 1.43. The minimum Gasteiger partial charge on any atom is -0.356 e. The fraction of sp³-hybridized carbons (Fsp3) is 0.467. The number of anilines is 1. The van der Waals surface area contributed by atoms with Gasteiger partial charge in [-0.1, -0.05) is 52.0 Å². The van der Waals surface area contributed by atoms with Crippen LogP contribution in [0.25, 0.3) is 0 Å². The summed E-state index contributed by atoms with van der Waals surface area (Å²) in [6.07, 6.45) is 0. The molecule has 0 saturated heterocycles. The van der Waals surface area contributed by atoms with Crippen LogP contribution in [-0.4, -0.2) is 9.36 Å². The minimum atomic E-state index is 0.386. The fourth-order valence-corrected chi connectivity index (χ4v) is 2.44. The van der Waals surface area contributed by atoms with E-state index >= 15 is 0 Å². The Bertz CT molecular complexity index is 514. The van der Waals surface area contributed by atoms with Gasteiger partial charge in [-0.3, -0.25) is 0 Å². The van der Waals surface area contributed by atoms with Crippen molar-refractivity contribution in [3.8, 4) is 0 Å². The lowest BCUT2D eigenvalue weighted by Gasteiger charge is -2.07. The van der Waals surface area contributed by atoms with E-state index in [1.807, 2.05) is 0 Å². The van der Waals surface area contributed by atoms with Crippen LogP contribution in [0, 0.1) is 0 Å². The number of hydrogen-bond donors (Lipinski definition) is 1. The summed E-state index contributed by atoms with van der Waals surface area (Å²) < 4.78 is 4.33. The van der Waals surface area contributed by atoms with Gasteiger partial charge in [-0.15, -0.1) is 0 Å². The molecule has 0 aliphatic heterocycles. The standard InChI is InChI=1S/C15H21N3S/c1-10(2)13-7-5-12(6-8-13)9-16-15-17-14(11(3)4)18-19-15/h5-8,10-11H,9H2,1-4H3,(H,16,17,18). The normalized spacial score (nSPS) is 11.3. The minimum absolute atomic E-state index is 0.386. The molecular formula is C15H21N3S. The van der Waals surface area contributed by atoms with Gasteiger partial charge < -0.3 is 5.32 Å². The molecule has 2 aromatic rings. The highest BCUT2D eigenvalue weighted by molar-refractivity contribution is 7.09. The largest absolute Gasteiger partial charge is 0.356 e. The summed E-state index contributed by atoms with van der Waals surface area (Å²) in [7, 11) is 0. The van der Waals surface area contributed by atoms with E-state index in [1.165, 1.54) is 22.7 Å². The van der Waals surface area contributed by atoms with E-state index in [1.54, 1.807) is 0 Å². The van der Waals surface area contributed by atoms with Gasteiger partial charge in [-0.25, -0.2) is 4.98 Å². The Morgan fingerprint density at radius 2 is 1.74 bits per heavy atom. The van der Waals surface area contributed by atoms with Gasteiger partial charge in [0, 0.05) is 24.0 Å². The summed E-state index contributed by atoms with van der Waals surface area (Å²) in [4.78, 5) is 4.47. The van der Waals surface area contributed by atoms with Crippen LogP contribution in [0.1, 0.15) is 56.5 Å². The Kier molecular flexibility index (Phi) is 4.53. The molecule has 0 spiro atoms. The molecule has 0 unspecified atom stereocenters. The fourth-order valence-electron chi connectivity index (χ4n) is 1.74. The second-order valence-electron chi connectivity index (χ2n) is 5.36. The van der Waals surface area contributed by atoms with Crippen molar-refractivity contribution >= 4 is 16.7 Å². The van der Waals surface area contributed by atoms with Crippen LogP contribution in [0.2, 0.25) is 0 Å². The van der Waals surface area contributed by atoms with E-state index in [9.17, 15) is 0 Å². The van der Waals surface area contributed by atoms with Gasteiger partial charge in [0.1, 0.15) is 5.82 Å². The number of benzene rings is 1. The summed E-state index contributed by atoms with van der Waals surface area (Å²) in [6, 6.07) is 8.74. The summed E-state index contributed by atoms with van der Waals surface area (Å²) in [5.74, 6) is 1.89. The lowest BCUT2D eigenvalue weighted by molar-refractivity contribution is 0.799. The Morgan fingerprint density at radius 1 is 1.05 bits per heavy atom. The van der Waals surface area contributed by atoms with E-state index in [2.05, 4.69) is 66.6 Å². The lowest BCUT2D eigenvalue weighted by atomic mass is 10.0. The Morgan fingerprint density at radius 3 is 2.26 bits per heavy atom. The first-order chi connectivity index (χ1) is 9.06. The molecule has 0 saturated carbocycles. The average Bonchev–Trinajstić information content (AvgIpc) is 2.86. The Hall–Kier alpha value is -1.42. The number of rotatable bonds is 5. The maximum atomic E-state index is 4.47. The van der Waals surface area contributed by atoms with Crippen LogP contribution >= 0.6 is 11.5 Å². The van der Waals surface area contributed by atoms with Gasteiger partial charge in [-0.2, -0.15) is 4.37 Å². The smallest absolute Gasteiger partial charge is 0.202 e. The highest BCUT2D eigenvalue weighted by atomic mass is 32.1. The molecule has 1 heterocycles. The lowest BCUT2D eigenvalue weighted by Crippen LogP contribution is -2.00. The van der Waals surface area contributed by atoms with Crippen molar-refractivity contribution in [1.82, 2.24) is 9.36 Å². The van der Waals surface area contributed by atoms with E-state index in [0.717, 1.165) is 17.5 Å². The molecule has 0 fully saturated rings. The quantitative estimate of drug-likeness (QED) is 0.879. The molecule has 0 aliphatic rings. The first-order valence-electron chi connectivity index (χ1n) is 6.72. The monoisotopic (exact) mass is 275 g/mol. The van der Waals surface area contributed by atoms with Crippen molar-refractivity contribution < 1.29 is 0 Å². The van der Waals surface area contributed by atoms with Gasteiger partial charge in [0.25, 0.3) is 0 Å². The number of aromatic nitrogens is 2. The van der Waals surface area contributed by atoms with E-state index in [-0.39, 0.29) is 0 Å². The summed E-state index contributed by atoms with van der Waals surface area (Å²) in [5, 5.41) is 4.23. The Balaban J connectivity index is 1.94. The predicted octanol–water partition coefficient (Wildman–Crippen LogP) is 4.40. The molecular weight excluding hydrogens is 254 g/mol. The molecule has 0 bridgehead atoms. The second kappa shape index (κ2) is 6.15. The third-order valence-electron chi connectivity index (χ3n) is 3.05. The Labute approximate surface area is 119 Å². The maximum absolute atomic E-state index is 4.47. The zero-order chi connectivity index (χ0) is 13.8. The first kappa shape index (κ1) is 14.0. The molecule has 0 atom stereocenters. The third kappa shape index (κ3) is 3.77. The molecule has 2 rings (SSSR count). The predicted molar refractivity (Wildman–Crippen MR) is 81.9 cm³/mol. The maximum Gasteiger partial charge on any atom is 0.202 e. The molecule has 19 heavy (non-hydrogen) atoms. The number of nitrogens with zero attached hydrogens (tertiary/aromatic N) is 2. The van der Waals surface area contributed by atoms with E-state index in [4.69, 9.17) is 0 Å². The zero-order valence-corrected chi connectivity index (χ0v) is 12.8. The molecule has 0 amide bonds. The van der Waals surface area contributed by atoms with E-state index in [0.29, 0.717) is 11.8 Å². The molecule has 4 heteroatoms. The molecule has 1 aromatic heterocycles. The number of nitrogens with one attached hydrogen (secondary N) is 1. The van der Waals surface area contributed by atoms with Crippen molar-refractivity contribution in [3.63, 3.8) is 0 Å². The second-order valence-corrected chi connectivity index (χ2v) is 6.11. The van der Waals surface area contributed by atoms with Gasteiger partial charge in [-0.05, 0) is 17.0 Å². The average molecular weight is 275 g/mol. The van der Waals surface area contributed by atoms with Crippen LogP contribution in [-0.2, 0) is 6.54 Å². The zero-order valence-electron chi connectivity index (χ0n) is 12.0. The van der Waals surface area contributed by atoms with Gasteiger partial charge in [0.15, 0.2) is 0 Å². The van der Waals surface area contributed by atoms with Gasteiger partial charge in [0.05, 0.1) is 0 Å². The van der Waals surface area contributed by atoms with Crippen LogP contribution < -0.4 is 5.32 Å². The molecule has 0 aliphatic carbocycles. The summed E-state index contributed by atoms with van der Waals surface area (Å²) in [5.41, 5.74) is 2.65. The van der Waals surface area contributed by atoms with Crippen LogP contribution in [0.15, 0.2) is 24.3 Å². The molecule has 3 nitrogen and oxygen atoms in total.